The average Bonchev–Trinajstić information content (AvgIpc) is 2.62. The first kappa shape index (κ1) is 15.5. The van der Waals surface area contributed by atoms with E-state index in [2.05, 4.69) is 0 Å². The van der Waals surface area contributed by atoms with E-state index < -0.39 is 11.4 Å². The first-order valence-electron chi connectivity index (χ1n) is 8.08. The third kappa shape index (κ3) is 2.79. The summed E-state index contributed by atoms with van der Waals surface area (Å²) in [5.74, 6) is -0.919. The van der Waals surface area contributed by atoms with Crippen molar-refractivity contribution in [2.45, 2.75) is 37.5 Å². The summed E-state index contributed by atoms with van der Waals surface area (Å²) >= 11 is 0. The number of rotatable bonds is 4. The molecule has 0 amide bonds. The molecule has 0 unspecified atom stereocenters. The number of carboxylic acid groups (broad SMARTS) is 1. The van der Waals surface area contributed by atoms with Gasteiger partial charge in [0.2, 0.25) is 0 Å². The minimum absolute atomic E-state index is 0.104. The molecule has 1 aliphatic carbocycles. The van der Waals surface area contributed by atoms with E-state index in [1.54, 1.807) is 24.3 Å². The fraction of sp³-hybridized carbons (Fsp3) is 0.300. The number of carbonyl (C=O) groups is 2. The Hall–Kier alpha value is -2.42. The summed E-state index contributed by atoms with van der Waals surface area (Å²) in [6.07, 6.45) is 4.03. The van der Waals surface area contributed by atoms with Crippen molar-refractivity contribution in [3.8, 4) is 0 Å². The van der Waals surface area contributed by atoms with E-state index in [-0.39, 0.29) is 5.78 Å². The molecule has 0 bridgehead atoms. The summed E-state index contributed by atoms with van der Waals surface area (Å²) < 4.78 is 0. The molecule has 0 aromatic heterocycles. The Morgan fingerprint density at radius 3 is 2.09 bits per heavy atom. The van der Waals surface area contributed by atoms with Gasteiger partial charge in [-0.25, -0.2) is 0 Å². The first-order valence-corrected chi connectivity index (χ1v) is 8.08. The minimum atomic E-state index is -0.931. The average molecular weight is 308 g/mol. The number of carboxylic acids is 1. The van der Waals surface area contributed by atoms with Crippen LogP contribution in [0.2, 0.25) is 0 Å². The summed E-state index contributed by atoms with van der Waals surface area (Å²) in [5.41, 5.74) is 0.847. The quantitative estimate of drug-likeness (QED) is 0.861. The highest BCUT2D eigenvalue weighted by Crippen LogP contribution is 2.41. The summed E-state index contributed by atoms with van der Waals surface area (Å²) in [6, 6.07) is 16.3. The zero-order chi connectivity index (χ0) is 16.3. The van der Waals surface area contributed by atoms with Gasteiger partial charge in [-0.05, 0) is 18.4 Å². The molecule has 2 aromatic rings. The Kier molecular flexibility index (Phi) is 4.28. The minimum Gasteiger partial charge on any atom is -0.481 e. The first-order chi connectivity index (χ1) is 11.1. The van der Waals surface area contributed by atoms with E-state index in [0.29, 0.717) is 29.5 Å². The smallest absolute Gasteiger partial charge is 0.314 e. The van der Waals surface area contributed by atoms with Gasteiger partial charge in [0.15, 0.2) is 5.78 Å². The van der Waals surface area contributed by atoms with Gasteiger partial charge < -0.3 is 5.11 Å². The van der Waals surface area contributed by atoms with Gasteiger partial charge in [-0.1, -0.05) is 73.9 Å². The molecule has 0 spiro atoms. The van der Waals surface area contributed by atoms with Gasteiger partial charge in [0, 0.05) is 11.1 Å². The molecule has 3 rings (SSSR count). The predicted octanol–water partition coefficient (Wildman–Crippen LogP) is 4.20. The maximum absolute atomic E-state index is 12.9. The summed E-state index contributed by atoms with van der Waals surface area (Å²) in [4.78, 5) is 25.0. The van der Waals surface area contributed by atoms with E-state index in [4.69, 9.17) is 0 Å². The van der Waals surface area contributed by atoms with Crippen LogP contribution in [-0.4, -0.2) is 16.9 Å². The maximum Gasteiger partial charge on any atom is 0.314 e. The van der Waals surface area contributed by atoms with Crippen molar-refractivity contribution >= 4 is 11.8 Å². The van der Waals surface area contributed by atoms with Gasteiger partial charge in [0.25, 0.3) is 0 Å². The predicted molar refractivity (Wildman–Crippen MR) is 88.7 cm³/mol. The van der Waals surface area contributed by atoms with Crippen LogP contribution >= 0.6 is 0 Å². The highest BCUT2D eigenvalue weighted by atomic mass is 16.4. The molecule has 0 saturated heterocycles. The second-order valence-corrected chi connectivity index (χ2v) is 6.19. The molecule has 1 aliphatic rings. The number of ketones is 1. The topological polar surface area (TPSA) is 54.4 Å². The lowest BCUT2D eigenvalue weighted by atomic mass is 9.67. The summed E-state index contributed by atoms with van der Waals surface area (Å²) in [5, 5.41) is 9.91. The van der Waals surface area contributed by atoms with Crippen LogP contribution in [0.1, 0.15) is 53.6 Å². The van der Waals surface area contributed by atoms with E-state index in [1.807, 2.05) is 30.3 Å². The van der Waals surface area contributed by atoms with Crippen LogP contribution < -0.4 is 0 Å². The fourth-order valence-electron chi connectivity index (χ4n) is 3.60. The van der Waals surface area contributed by atoms with Gasteiger partial charge >= 0.3 is 5.97 Å². The Morgan fingerprint density at radius 1 is 0.826 bits per heavy atom. The lowest BCUT2D eigenvalue weighted by molar-refractivity contribution is -0.145. The Morgan fingerprint density at radius 2 is 1.43 bits per heavy atom. The third-order valence-electron chi connectivity index (χ3n) is 4.84. The van der Waals surface area contributed by atoms with E-state index in [9.17, 15) is 14.7 Å². The fourth-order valence-corrected chi connectivity index (χ4v) is 3.60. The molecule has 3 nitrogen and oxygen atoms in total. The maximum atomic E-state index is 12.9. The number of benzene rings is 2. The molecule has 0 aliphatic heterocycles. The lowest BCUT2D eigenvalue weighted by Gasteiger charge is -2.34. The Labute approximate surface area is 136 Å². The van der Waals surface area contributed by atoms with E-state index >= 15 is 0 Å². The van der Waals surface area contributed by atoms with Crippen LogP contribution in [0, 0.1) is 0 Å². The zero-order valence-corrected chi connectivity index (χ0v) is 13.0. The number of aliphatic carboxylic acids is 1. The second-order valence-electron chi connectivity index (χ2n) is 6.19. The molecular formula is C20H20O3. The Bertz CT molecular complexity index is 713. The molecular weight excluding hydrogens is 288 g/mol. The number of hydrogen-bond acceptors (Lipinski definition) is 2. The molecule has 0 radical (unpaired) electrons. The largest absolute Gasteiger partial charge is 0.481 e. The molecule has 0 atom stereocenters. The summed E-state index contributed by atoms with van der Waals surface area (Å²) in [6.45, 7) is 0. The van der Waals surface area contributed by atoms with Crippen molar-refractivity contribution in [3.63, 3.8) is 0 Å². The molecule has 0 heterocycles. The molecule has 1 N–H and O–H groups in total. The van der Waals surface area contributed by atoms with Gasteiger partial charge in [-0.3, -0.25) is 9.59 Å². The van der Waals surface area contributed by atoms with Gasteiger partial charge in [-0.15, -0.1) is 0 Å². The van der Waals surface area contributed by atoms with Crippen molar-refractivity contribution in [3.05, 3.63) is 71.3 Å². The van der Waals surface area contributed by atoms with Crippen molar-refractivity contribution in [1.82, 2.24) is 0 Å². The van der Waals surface area contributed by atoms with Crippen molar-refractivity contribution < 1.29 is 14.7 Å². The highest BCUT2D eigenvalue weighted by Gasteiger charge is 2.43. The van der Waals surface area contributed by atoms with E-state index in [1.165, 1.54) is 0 Å². The molecule has 2 aromatic carbocycles. The number of carbonyl (C=O) groups excluding carboxylic acids is 1. The van der Waals surface area contributed by atoms with Crippen LogP contribution in [0.5, 0.6) is 0 Å². The molecule has 3 heteroatoms. The number of hydrogen-bond donors (Lipinski definition) is 1. The third-order valence-corrected chi connectivity index (χ3v) is 4.84. The normalized spacial score (nSPS) is 16.7. The summed E-state index contributed by atoms with van der Waals surface area (Å²) in [7, 11) is 0. The van der Waals surface area contributed by atoms with Crippen molar-refractivity contribution in [1.29, 1.82) is 0 Å². The van der Waals surface area contributed by atoms with Crippen LogP contribution in [0.25, 0.3) is 0 Å². The van der Waals surface area contributed by atoms with Crippen molar-refractivity contribution in [2.24, 2.45) is 0 Å². The van der Waals surface area contributed by atoms with Gasteiger partial charge in [-0.2, -0.15) is 0 Å². The standard InChI is InChI=1S/C20H20O3/c21-18(15-9-3-1-4-10-15)16-11-5-6-12-17(16)20(19(22)23)13-7-2-8-14-20/h1,3-6,9-12H,2,7-8,13-14H2,(H,22,23). The van der Waals surface area contributed by atoms with Crippen molar-refractivity contribution in [2.75, 3.05) is 0 Å². The van der Waals surface area contributed by atoms with Crippen LogP contribution in [0.4, 0.5) is 0 Å². The van der Waals surface area contributed by atoms with Crippen LogP contribution in [-0.2, 0) is 10.2 Å². The monoisotopic (exact) mass is 308 g/mol. The molecule has 118 valence electrons. The van der Waals surface area contributed by atoms with Crippen LogP contribution in [0.3, 0.4) is 0 Å². The molecule has 1 fully saturated rings. The van der Waals surface area contributed by atoms with Gasteiger partial charge in [0.05, 0.1) is 5.41 Å². The van der Waals surface area contributed by atoms with E-state index in [0.717, 1.165) is 19.3 Å². The van der Waals surface area contributed by atoms with Gasteiger partial charge in [0.1, 0.15) is 0 Å². The SMILES string of the molecule is O=C(c1ccccc1)c1ccccc1C1(C(=O)O)CCCCC1. The van der Waals surface area contributed by atoms with Crippen LogP contribution in [0.15, 0.2) is 54.6 Å². The zero-order valence-electron chi connectivity index (χ0n) is 13.0. The highest BCUT2D eigenvalue weighted by molar-refractivity contribution is 6.10. The lowest BCUT2D eigenvalue weighted by Crippen LogP contribution is -2.39. The molecule has 1 saturated carbocycles. The second kappa shape index (κ2) is 6.37. The molecule has 23 heavy (non-hydrogen) atoms. The Balaban J connectivity index is 2.10.